The van der Waals surface area contributed by atoms with Gasteiger partial charge in [-0.1, -0.05) is 212 Å². The predicted molar refractivity (Wildman–Crippen MR) is 260 cm³/mol. The van der Waals surface area contributed by atoms with Crippen molar-refractivity contribution in [3.63, 3.8) is 0 Å². The molecule has 62 heavy (non-hydrogen) atoms. The standard InChI is InChI=1S/C62H38/c1-5-20-42(21-6-1)61(43-22-7-2-8-23-43)53-38-52-54(37-51(53)58-50-35-34-40-19-17-18-39-32-33-41(36-55(58)61)57(50)56(39)40)62(44-24-9-3-10-25-44,45-26-11-4-12-27-45)60-49-31-16-14-29-47(49)46-28-13-15-30-48(46)59(52)60/h1-38H. The third kappa shape index (κ3) is 4.12. The van der Waals surface area contributed by atoms with Gasteiger partial charge in [-0.05, 0) is 139 Å². The Morgan fingerprint density at radius 2 is 0.677 bits per heavy atom. The highest BCUT2D eigenvalue weighted by Crippen LogP contribution is 2.65. The monoisotopic (exact) mass is 782 g/mol. The Morgan fingerprint density at radius 1 is 0.242 bits per heavy atom. The van der Waals surface area contributed by atoms with Gasteiger partial charge >= 0.3 is 0 Å². The lowest BCUT2D eigenvalue weighted by Gasteiger charge is -2.36. The van der Waals surface area contributed by atoms with E-state index in [1.807, 2.05) is 0 Å². The van der Waals surface area contributed by atoms with Crippen LogP contribution in [-0.4, -0.2) is 0 Å². The Morgan fingerprint density at radius 3 is 1.26 bits per heavy atom. The van der Waals surface area contributed by atoms with E-state index in [1.54, 1.807) is 0 Å². The van der Waals surface area contributed by atoms with Gasteiger partial charge in [0, 0.05) is 0 Å². The minimum atomic E-state index is -0.611. The van der Waals surface area contributed by atoms with Crippen LogP contribution < -0.4 is 0 Å². The number of hydrogen-bond donors (Lipinski definition) is 0. The van der Waals surface area contributed by atoms with Gasteiger partial charge in [0.05, 0.1) is 10.8 Å². The average molecular weight is 783 g/mol. The van der Waals surface area contributed by atoms with E-state index in [2.05, 4.69) is 231 Å². The van der Waals surface area contributed by atoms with Gasteiger partial charge in [-0.2, -0.15) is 0 Å². The molecule has 0 amide bonds. The predicted octanol–water partition coefficient (Wildman–Crippen LogP) is 15.6. The first-order chi connectivity index (χ1) is 30.8. The Bertz CT molecular complexity index is 3670. The van der Waals surface area contributed by atoms with Gasteiger partial charge in [0.2, 0.25) is 0 Å². The lowest BCUT2D eigenvalue weighted by Crippen LogP contribution is -2.30. The minimum Gasteiger partial charge on any atom is -0.0622 e. The van der Waals surface area contributed by atoms with Gasteiger partial charge in [-0.15, -0.1) is 0 Å². The van der Waals surface area contributed by atoms with Crippen molar-refractivity contribution in [3.05, 3.63) is 275 Å². The first kappa shape index (κ1) is 34.0. The molecule has 0 aromatic heterocycles. The topological polar surface area (TPSA) is 0 Å². The van der Waals surface area contributed by atoms with E-state index in [1.165, 1.54) is 121 Å². The molecule has 2 aliphatic carbocycles. The number of fused-ring (bicyclic) bond motifs is 12. The summed E-state index contributed by atoms with van der Waals surface area (Å²) < 4.78 is 0. The van der Waals surface area contributed by atoms with Crippen molar-refractivity contribution < 1.29 is 0 Å². The van der Waals surface area contributed by atoms with Gasteiger partial charge in [-0.3, -0.25) is 0 Å². The van der Waals surface area contributed by atoms with Crippen LogP contribution in [0.5, 0.6) is 0 Å². The minimum absolute atomic E-state index is 0.593. The van der Waals surface area contributed by atoms with Crippen molar-refractivity contribution in [2.24, 2.45) is 0 Å². The van der Waals surface area contributed by atoms with E-state index < -0.39 is 10.8 Å². The maximum Gasteiger partial charge on any atom is 0.0720 e. The zero-order valence-corrected chi connectivity index (χ0v) is 33.9. The number of benzene rings is 12. The van der Waals surface area contributed by atoms with Crippen LogP contribution >= 0.6 is 0 Å². The van der Waals surface area contributed by atoms with Crippen molar-refractivity contribution >= 4 is 53.9 Å². The van der Waals surface area contributed by atoms with Crippen LogP contribution in [0.3, 0.4) is 0 Å². The lowest BCUT2D eigenvalue weighted by atomic mass is 9.65. The molecule has 0 atom stereocenters. The van der Waals surface area contributed by atoms with Crippen LogP contribution in [0.15, 0.2) is 231 Å². The molecule has 0 unspecified atom stereocenters. The van der Waals surface area contributed by atoms with Gasteiger partial charge < -0.3 is 0 Å². The van der Waals surface area contributed by atoms with Gasteiger partial charge in [-0.25, -0.2) is 0 Å². The number of hydrogen-bond acceptors (Lipinski definition) is 0. The summed E-state index contributed by atoms with van der Waals surface area (Å²) in [6, 6.07) is 87.6. The van der Waals surface area contributed by atoms with Crippen LogP contribution in [0, 0.1) is 0 Å². The molecule has 286 valence electrons. The molecule has 0 N–H and O–H groups in total. The molecule has 0 heterocycles. The fourth-order valence-electron chi connectivity index (χ4n) is 12.4. The summed E-state index contributed by atoms with van der Waals surface area (Å²) in [4.78, 5) is 0. The maximum atomic E-state index is 2.65. The molecule has 0 heteroatoms. The molecule has 12 aromatic carbocycles. The second-order valence-electron chi connectivity index (χ2n) is 17.4. The average Bonchev–Trinajstić information content (AvgIpc) is 3.82. The first-order valence-electron chi connectivity index (χ1n) is 21.8. The highest BCUT2D eigenvalue weighted by Gasteiger charge is 2.53. The zero-order chi connectivity index (χ0) is 40.6. The third-order valence-corrected chi connectivity index (χ3v) is 14.7. The molecule has 12 aromatic rings. The summed E-state index contributed by atoms with van der Waals surface area (Å²) in [6.45, 7) is 0. The smallest absolute Gasteiger partial charge is 0.0622 e. The van der Waals surface area contributed by atoms with E-state index >= 15 is 0 Å². The Kier molecular flexibility index (Phi) is 6.78. The summed E-state index contributed by atoms with van der Waals surface area (Å²) in [7, 11) is 0. The second kappa shape index (κ2) is 12.4. The molecule has 0 radical (unpaired) electrons. The Balaban J connectivity index is 1.25. The quantitative estimate of drug-likeness (QED) is 0.156. The van der Waals surface area contributed by atoms with Crippen molar-refractivity contribution in [2.75, 3.05) is 0 Å². The Hall–Kier alpha value is -7.80. The number of rotatable bonds is 4. The highest BCUT2D eigenvalue weighted by atomic mass is 14.5. The lowest BCUT2D eigenvalue weighted by molar-refractivity contribution is 0.762. The normalized spacial score (nSPS) is 14.4. The fraction of sp³-hybridized carbons (Fsp3) is 0.0323. The van der Waals surface area contributed by atoms with Crippen LogP contribution in [0.2, 0.25) is 0 Å². The summed E-state index contributed by atoms with van der Waals surface area (Å²) in [5, 5.41) is 13.0. The molecule has 0 aliphatic heterocycles. The molecular weight excluding hydrogens is 745 g/mol. The molecule has 2 aliphatic rings. The van der Waals surface area contributed by atoms with E-state index in [9.17, 15) is 0 Å². The van der Waals surface area contributed by atoms with E-state index in [4.69, 9.17) is 0 Å². The van der Waals surface area contributed by atoms with Crippen LogP contribution in [0.1, 0.15) is 44.5 Å². The van der Waals surface area contributed by atoms with Crippen LogP contribution in [-0.2, 0) is 10.8 Å². The maximum absolute atomic E-state index is 2.65. The zero-order valence-electron chi connectivity index (χ0n) is 33.9. The van der Waals surface area contributed by atoms with E-state index in [0.717, 1.165) is 0 Å². The van der Waals surface area contributed by atoms with Crippen molar-refractivity contribution in [1.82, 2.24) is 0 Å². The fourth-order valence-corrected chi connectivity index (χ4v) is 12.4. The largest absolute Gasteiger partial charge is 0.0720 e. The van der Waals surface area contributed by atoms with Crippen molar-refractivity contribution in [2.45, 2.75) is 10.8 Å². The Labute approximate surface area is 360 Å². The molecule has 0 spiro atoms. The highest BCUT2D eigenvalue weighted by molar-refractivity contribution is 6.27. The molecular formula is C62H38. The first-order valence-corrected chi connectivity index (χ1v) is 21.8. The molecule has 0 bridgehead atoms. The molecule has 14 rings (SSSR count). The summed E-state index contributed by atoms with van der Waals surface area (Å²) in [5.41, 5.74) is 14.5. The van der Waals surface area contributed by atoms with Gasteiger partial charge in [0.15, 0.2) is 0 Å². The van der Waals surface area contributed by atoms with Crippen LogP contribution in [0.25, 0.3) is 76.1 Å². The molecule has 0 saturated carbocycles. The summed E-state index contributed by atoms with van der Waals surface area (Å²) in [5.74, 6) is 0. The van der Waals surface area contributed by atoms with Crippen molar-refractivity contribution in [1.29, 1.82) is 0 Å². The van der Waals surface area contributed by atoms with Gasteiger partial charge in [0.25, 0.3) is 0 Å². The molecule has 0 nitrogen and oxygen atoms in total. The summed E-state index contributed by atoms with van der Waals surface area (Å²) in [6.07, 6.45) is 0. The SMILES string of the molecule is c1ccc(C2(c3ccccc3)c3cc4c(cc3-c3c2cc2ccc5cccc6ccc3c2c56)C(c2ccccc2)(c2ccccc2)c2c-4c3ccccc3c3ccccc23)cc1. The molecule has 0 saturated heterocycles. The van der Waals surface area contributed by atoms with Crippen molar-refractivity contribution in [3.8, 4) is 22.3 Å². The van der Waals surface area contributed by atoms with E-state index in [-0.39, 0.29) is 0 Å². The van der Waals surface area contributed by atoms with Gasteiger partial charge in [0.1, 0.15) is 0 Å². The third-order valence-electron chi connectivity index (χ3n) is 14.7. The van der Waals surface area contributed by atoms with E-state index in [0.29, 0.717) is 0 Å². The second-order valence-corrected chi connectivity index (χ2v) is 17.4. The summed E-state index contributed by atoms with van der Waals surface area (Å²) >= 11 is 0. The molecule has 0 fully saturated rings. The van der Waals surface area contributed by atoms with Crippen LogP contribution in [0.4, 0.5) is 0 Å².